The van der Waals surface area contributed by atoms with Crippen LogP contribution in [0.1, 0.15) is 33.3 Å². The van der Waals surface area contributed by atoms with E-state index in [-0.39, 0.29) is 18.3 Å². The molecule has 6 heteroatoms. The predicted octanol–water partition coefficient (Wildman–Crippen LogP) is 12.2. The molecule has 0 spiro atoms. The van der Waals surface area contributed by atoms with Crippen LogP contribution in [0.5, 0.6) is 0 Å². The van der Waals surface area contributed by atoms with Gasteiger partial charge in [0.05, 0.1) is 11.2 Å². The molecule has 1 aliphatic rings. The van der Waals surface area contributed by atoms with E-state index < -0.39 is 0 Å². The number of nitrogens with zero attached hydrogens (tertiary/aromatic N) is 1. The number of hydrogen-bond donors (Lipinski definition) is 0. The van der Waals surface area contributed by atoms with Crippen molar-refractivity contribution in [1.82, 2.24) is 0 Å². The maximum atomic E-state index is 6.43. The number of benzene rings is 6. The monoisotopic (exact) mass is 673 g/mol. The molecule has 8 aromatic rings. The van der Waals surface area contributed by atoms with E-state index in [0.29, 0.717) is 0 Å². The molecule has 2 aromatic heterocycles. The van der Waals surface area contributed by atoms with Gasteiger partial charge in [-0.25, -0.2) is 0 Å². The predicted molar refractivity (Wildman–Crippen MR) is 213 cm³/mol. The lowest BCUT2D eigenvalue weighted by atomic mass is 9.78. The minimum absolute atomic E-state index is 0.378. The molecule has 0 radical (unpaired) electrons. The topological polar surface area (TPSA) is 21.7 Å². The third-order valence-electron chi connectivity index (χ3n) is 10.4. The number of fused-ring (bicyclic) bond motifs is 6. The molecule has 49 heavy (non-hydrogen) atoms. The van der Waals surface area contributed by atoms with Crippen LogP contribution in [0.3, 0.4) is 0 Å². The Labute approximate surface area is 295 Å². The van der Waals surface area contributed by atoms with Gasteiger partial charge in [0.15, 0.2) is 0 Å². The van der Waals surface area contributed by atoms with Crippen molar-refractivity contribution in [2.75, 3.05) is 4.90 Å². The molecule has 0 aliphatic carbocycles. The number of hydrogen-bond acceptors (Lipinski definition) is 5. The fourth-order valence-electron chi connectivity index (χ4n) is 7.17. The molecule has 0 atom stereocenters. The van der Waals surface area contributed by atoms with E-state index in [9.17, 15) is 0 Å². The molecule has 0 unspecified atom stereocenters. The average molecular weight is 674 g/mol. The molecule has 0 saturated carbocycles. The average Bonchev–Trinajstić information content (AvgIpc) is 3.73. The van der Waals surface area contributed by atoms with Gasteiger partial charge in [-0.2, -0.15) is 0 Å². The van der Waals surface area contributed by atoms with Crippen LogP contribution in [-0.4, -0.2) is 18.3 Å². The molecule has 0 N–H and O–H groups in total. The zero-order valence-electron chi connectivity index (χ0n) is 28.3. The summed E-state index contributed by atoms with van der Waals surface area (Å²) in [6.45, 7) is 10.7. The van der Waals surface area contributed by atoms with Gasteiger partial charge in [-0.15, -0.1) is 22.7 Å². The van der Waals surface area contributed by atoms with Gasteiger partial charge in [0.2, 0.25) is 0 Å². The van der Waals surface area contributed by atoms with E-state index in [1.54, 1.807) is 0 Å². The summed E-state index contributed by atoms with van der Waals surface area (Å²) in [4.78, 5) is 2.37. The normalized spacial score (nSPS) is 15.6. The smallest absolute Gasteiger partial charge is 0.399 e. The fraction of sp³-hybridized carbons (Fsp3) is 0.163. The van der Waals surface area contributed by atoms with Crippen molar-refractivity contribution >= 4 is 92.7 Å². The van der Waals surface area contributed by atoms with Crippen LogP contribution in [0.2, 0.25) is 0 Å². The third kappa shape index (κ3) is 5.00. The van der Waals surface area contributed by atoms with Gasteiger partial charge in [-0.1, -0.05) is 72.8 Å². The Morgan fingerprint density at radius 3 is 1.88 bits per heavy atom. The van der Waals surface area contributed by atoms with E-state index in [1.807, 2.05) is 22.7 Å². The van der Waals surface area contributed by atoms with E-state index in [2.05, 4.69) is 167 Å². The second kappa shape index (κ2) is 11.3. The quantitative estimate of drug-likeness (QED) is 0.170. The second-order valence-corrected chi connectivity index (χ2v) is 16.2. The second-order valence-electron chi connectivity index (χ2n) is 14.1. The first-order valence-corrected chi connectivity index (χ1v) is 18.5. The first kappa shape index (κ1) is 30.6. The highest BCUT2D eigenvalue weighted by molar-refractivity contribution is 7.26. The van der Waals surface area contributed by atoms with Crippen molar-refractivity contribution < 1.29 is 9.31 Å². The van der Waals surface area contributed by atoms with Crippen molar-refractivity contribution in [1.29, 1.82) is 0 Å². The number of aryl methyl sites for hydroxylation is 1. The molecular weight excluding hydrogens is 637 g/mol. The Balaban J connectivity index is 1.24. The SMILES string of the molecule is Cc1cc(-c2cc(N(c3ccccc3)c3ccccc3)cc3c2sc2ccccc23)cc2sc3ccc(B4OC(C)(C)C(C)(C)O4)cc3c12. The minimum Gasteiger partial charge on any atom is -0.399 e. The van der Waals surface area contributed by atoms with Gasteiger partial charge in [-0.3, -0.25) is 0 Å². The first-order chi connectivity index (χ1) is 23.7. The Morgan fingerprint density at radius 2 is 1.18 bits per heavy atom. The minimum atomic E-state index is -0.384. The number of thiophene rings is 2. The molecule has 0 amide bonds. The van der Waals surface area contributed by atoms with E-state index in [4.69, 9.17) is 9.31 Å². The molecule has 240 valence electrons. The maximum absolute atomic E-state index is 6.43. The zero-order chi connectivity index (χ0) is 33.5. The summed E-state index contributed by atoms with van der Waals surface area (Å²) in [7, 11) is -0.384. The van der Waals surface area contributed by atoms with Crippen LogP contribution in [-0.2, 0) is 9.31 Å². The largest absolute Gasteiger partial charge is 0.494 e. The number of para-hydroxylation sites is 2. The molecule has 1 aliphatic heterocycles. The lowest BCUT2D eigenvalue weighted by Gasteiger charge is -2.32. The van der Waals surface area contributed by atoms with Crippen molar-refractivity contribution in [2.45, 2.75) is 45.8 Å². The Kier molecular flexibility index (Phi) is 7.05. The van der Waals surface area contributed by atoms with Crippen molar-refractivity contribution in [3.63, 3.8) is 0 Å². The zero-order valence-corrected chi connectivity index (χ0v) is 29.9. The molecule has 1 fully saturated rings. The van der Waals surface area contributed by atoms with Gasteiger partial charge in [0.25, 0.3) is 0 Å². The Hall–Kier alpha value is -4.46. The molecule has 3 heterocycles. The lowest BCUT2D eigenvalue weighted by Crippen LogP contribution is -2.41. The van der Waals surface area contributed by atoms with Crippen LogP contribution in [0.4, 0.5) is 17.1 Å². The Bertz CT molecular complexity index is 2480. The molecule has 1 saturated heterocycles. The summed E-state index contributed by atoms with van der Waals surface area (Å²) in [5.74, 6) is 0. The van der Waals surface area contributed by atoms with Crippen molar-refractivity contribution in [2.24, 2.45) is 0 Å². The van der Waals surface area contributed by atoms with Crippen LogP contribution in [0, 0.1) is 6.92 Å². The van der Waals surface area contributed by atoms with Crippen molar-refractivity contribution in [3.05, 3.63) is 133 Å². The Morgan fingerprint density at radius 1 is 0.551 bits per heavy atom. The molecule has 3 nitrogen and oxygen atoms in total. The summed E-state index contributed by atoms with van der Waals surface area (Å²) >= 11 is 3.75. The molecule has 9 rings (SSSR count). The highest BCUT2D eigenvalue weighted by Gasteiger charge is 2.51. The third-order valence-corrected chi connectivity index (χ3v) is 12.7. The molecular formula is C43H36BNO2S2. The molecule has 0 bridgehead atoms. The summed E-state index contributed by atoms with van der Waals surface area (Å²) in [5.41, 5.74) is 7.48. The lowest BCUT2D eigenvalue weighted by molar-refractivity contribution is 0.00578. The highest BCUT2D eigenvalue weighted by atomic mass is 32.1. The van der Waals surface area contributed by atoms with Crippen LogP contribution in [0.25, 0.3) is 51.5 Å². The summed E-state index contributed by atoms with van der Waals surface area (Å²) in [6, 6.07) is 46.4. The van der Waals surface area contributed by atoms with Crippen molar-refractivity contribution in [3.8, 4) is 11.1 Å². The first-order valence-electron chi connectivity index (χ1n) is 16.9. The van der Waals surface area contributed by atoms with Gasteiger partial charge < -0.3 is 14.2 Å². The summed E-state index contributed by atoms with van der Waals surface area (Å²) in [6.07, 6.45) is 0. The van der Waals surface area contributed by atoms with Gasteiger partial charge >= 0.3 is 7.12 Å². The fourth-order valence-corrected chi connectivity index (χ4v) is 9.59. The van der Waals surface area contributed by atoms with Crippen LogP contribution >= 0.6 is 22.7 Å². The van der Waals surface area contributed by atoms with Gasteiger partial charge in [0, 0.05) is 63.0 Å². The summed E-state index contributed by atoms with van der Waals surface area (Å²) < 4.78 is 18.0. The van der Waals surface area contributed by atoms with Crippen LogP contribution < -0.4 is 10.4 Å². The van der Waals surface area contributed by atoms with Gasteiger partial charge in [-0.05, 0) is 106 Å². The van der Waals surface area contributed by atoms with E-state index in [0.717, 1.165) is 22.5 Å². The number of anilines is 3. The van der Waals surface area contributed by atoms with Crippen LogP contribution in [0.15, 0.2) is 127 Å². The van der Waals surface area contributed by atoms with E-state index >= 15 is 0 Å². The highest BCUT2D eigenvalue weighted by Crippen LogP contribution is 2.47. The molecule has 6 aromatic carbocycles. The summed E-state index contributed by atoms with van der Waals surface area (Å²) in [5, 5.41) is 5.14. The standard InChI is InChI=1S/C43H36BNO2S2/c1-27-22-28(23-39-40(27)36-24-29(20-21-38(36)48-39)44-46-42(2,3)43(4,5)47-44)34-25-32(26-35-33-18-12-13-19-37(33)49-41(34)35)45(30-14-8-6-9-15-30)31-16-10-7-11-17-31/h6-26H,1-5H3. The van der Waals surface area contributed by atoms with Gasteiger partial charge in [0.1, 0.15) is 0 Å². The number of rotatable bonds is 5. The van der Waals surface area contributed by atoms with E-state index in [1.165, 1.54) is 57.0 Å². The maximum Gasteiger partial charge on any atom is 0.494 e.